The summed E-state index contributed by atoms with van der Waals surface area (Å²) in [6, 6.07) is 4.41. The van der Waals surface area contributed by atoms with Crippen molar-refractivity contribution in [2.24, 2.45) is 0 Å². The maximum atomic E-state index is 4.02. The molecule has 0 aromatic heterocycles. The van der Waals surface area contributed by atoms with E-state index in [1.54, 1.807) is 0 Å². The number of hydrogen-bond acceptors (Lipinski definition) is 0. The molecular weight excluding hydrogens is 252 g/mol. The first kappa shape index (κ1) is 27.7. The Balaban J connectivity index is -0.000000156. The predicted molar refractivity (Wildman–Crippen MR) is 105 cm³/mol. The first-order valence-corrected chi connectivity index (χ1v) is 7.82. The van der Waals surface area contributed by atoms with E-state index in [-0.39, 0.29) is 0 Å². The molecule has 0 nitrogen and oxygen atoms in total. The maximum absolute atomic E-state index is 4.02. The van der Waals surface area contributed by atoms with Gasteiger partial charge in [-0.1, -0.05) is 58.9 Å². The van der Waals surface area contributed by atoms with E-state index in [2.05, 4.69) is 72.7 Å². The molecule has 122 valence electrons. The van der Waals surface area contributed by atoms with Crippen LogP contribution in [0.1, 0.15) is 63.8 Å². The van der Waals surface area contributed by atoms with E-state index in [1.807, 2.05) is 27.7 Å². The van der Waals surface area contributed by atoms with Crippen molar-refractivity contribution < 1.29 is 0 Å². The summed E-state index contributed by atoms with van der Waals surface area (Å²) in [5.74, 6) is 0. The largest absolute Gasteiger partial charge is 0.106 e. The third kappa shape index (κ3) is 10.8. The second-order valence-corrected chi connectivity index (χ2v) is 3.68. The van der Waals surface area contributed by atoms with Gasteiger partial charge < -0.3 is 0 Å². The summed E-state index contributed by atoms with van der Waals surface area (Å²) in [5, 5.41) is 0. The lowest BCUT2D eigenvalue weighted by molar-refractivity contribution is 1.10. The van der Waals surface area contributed by atoms with Crippen molar-refractivity contribution >= 4 is 5.57 Å². The molecule has 0 atom stereocenters. The van der Waals surface area contributed by atoms with Crippen LogP contribution in [0.5, 0.6) is 0 Å². The van der Waals surface area contributed by atoms with Crippen LogP contribution in [-0.2, 0) is 6.42 Å². The zero-order valence-corrected chi connectivity index (χ0v) is 15.9. The van der Waals surface area contributed by atoms with E-state index < -0.39 is 0 Å². The Kier molecular flexibility index (Phi) is 27.4. The minimum absolute atomic E-state index is 1.10. The minimum Gasteiger partial charge on any atom is -0.106 e. The molecule has 21 heavy (non-hydrogen) atoms. The molecule has 0 saturated carbocycles. The van der Waals surface area contributed by atoms with Gasteiger partial charge in [-0.2, -0.15) is 0 Å². The standard InChI is InChI=1S/C13H18.2C2H6.2C2H4/c1-6-12-8-7-10(4)13(9(2)3)11(12)5;4*1-2/h7-8H,2,6H2,1,3-5H3;2*1-2H3;2*1-2H2. The van der Waals surface area contributed by atoms with Gasteiger partial charge in [-0.25, -0.2) is 0 Å². The monoisotopic (exact) mass is 290 g/mol. The molecule has 0 spiro atoms. The number of aryl methyl sites for hydroxylation is 2. The quantitative estimate of drug-likeness (QED) is 0.493. The van der Waals surface area contributed by atoms with Crippen molar-refractivity contribution in [1.29, 1.82) is 0 Å². The Morgan fingerprint density at radius 1 is 0.905 bits per heavy atom. The molecule has 0 radical (unpaired) electrons. The van der Waals surface area contributed by atoms with E-state index in [1.165, 1.54) is 27.8 Å². The van der Waals surface area contributed by atoms with E-state index in [4.69, 9.17) is 0 Å². The van der Waals surface area contributed by atoms with Crippen molar-refractivity contribution in [3.63, 3.8) is 0 Å². The van der Waals surface area contributed by atoms with Crippen molar-refractivity contribution in [2.75, 3.05) is 0 Å². The van der Waals surface area contributed by atoms with Crippen LogP contribution in [0, 0.1) is 13.8 Å². The summed E-state index contributed by atoms with van der Waals surface area (Å²) in [7, 11) is 0. The fraction of sp³-hybridized carbons (Fsp3) is 0.429. The molecule has 0 aliphatic rings. The van der Waals surface area contributed by atoms with Crippen molar-refractivity contribution in [1.82, 2.24) is 0 Å². The Morgan fingerprint density at radius 2 is 1.29 bits per heavy atom. The zero-order valence-electron chi connectivity index (χ0n) is 15.9. The SMILES string of the molecule is C=C.C=C.C=C(C)c1c(C)ccc(CC)c1C.CC.CC. The van der Waals surface area contributed by atoms with Crippen LogP contribution in [0.25, 0.3) is 5.57 Å². The van der Waals surface area contributed by atoms with Gasteiger partial charge in [-0.05, 0) is 49.4 Å². The molecule has 0 aliphatic carbocycles. The highest BCUT2D eigenvalue weighted by Crippen LogP contribution is 2.24. The van der Waals surface area contributed by atoms with Gasteiger partial charge in [-0.15, -0.1) is 26.3 Å². The lowest BCUT2D eigenvalue weighted by atomic mass is 9.93. The summed E-state index contributed by atoms with van der Waals surface area (Å²) in [5.41, 5.74) is 6.69. The van der Waals surface area contributed by atoms with Crippen LogP contribution in [0.3, 0.4) is 0 Å². The highest BCUT2D eigenvalue weighted by atomic mass is 14.1. The summed E-state index contributed by atoms with van der Waals surface area (Å²) in [4.78, 5) is 0. The Morgan fingerprint density at radius 3 is 1.57 bits per heavy atom. The molecule has 0 amide bonds. The molecule has 0 bridgehead atoms. The van der Waals surface area contributed by atoms with Crippen molar-refractivity contribution in [3.8, 4) is 0 Å². The molecule has 0 unspecified atom stereocenters. The first-order chi connectivity index (χ1) is 10.1. The molecule has 1 aromatic rings. The second-order valence-electron chi connectivity index (χ2n) is 3.68. The van der Waals surface area contributed by atoms with Gasteiger partial charge in [0, 0.05) is 0 Å². The fourth-order valence-electron chi connectivity index (χ4n) is 1.93. The highest BCUT2D eigenvalue weighted by Gasteiger charge is 2.06. The van der Waals surface area contributed by atoms with Gasteiger partial charge in [0.25, 0.3) is 0 Å². The van der Waals surface area contributed by atoms with Crippen LogP contribution < -0.4 is 0 Å². The van der Waals surface area contributed by atoms with E-state index in [0.29, 0.717) is 0 Å². The van der Waals surface area contributed by atoms with Crippen LogP contribution in [0.2, 0.25) is 0 Å². The van der Waals surface area contributed by atoms with Gasteiger partial charge in [0.2, 0.25) is 0 Å². The molecule has 0 fully saturated rings. The molecule has 0 heteroatoms. The lowest BCUT2D eigenvalue weighted by Gasteiger charge is -2.13. The minimum atomic E-state index is 1.10. The average molecular weight is 291 g/mol. The Hall–Kier alpha value is -1.56. The summed E-state index contributed by atoms with van der Waals surface area (Å²) < 4.78 is 0. The van der Waals surface area contributed by atoms with Crippen LogP contribution in [0.4, 0.5) is 0 Å². The molecule has 0 N–H and O–H groups in total. The lowest BCUT2D eigenvalue weighted by Crippen LogP contribution is -1.95. The van der Waals surface area contributed by atoms with Crippen LogP contribution in [-0.4, -0.2) is 0 Å². The molecular formula is C21H38. The Labute approximate surface area is 135 Å². The molecule has 0 saturated heterocycles. The van der Waals surface area contributed by atoms with E-state index >= 15 is 0 Å². The van der Waals surface area contributed by atoms with Gasteiger partial charge in [0.1, 0.15) is 0 Å². The maximum Gasteiger partial charge on any atom is -0.0172 e. The summed E-state index contributed by atoms with van der Waals surface area (Å²) >= 11 is 0. The predicted octanol–water partition coefficient (Wildman–Crippen LogP) is 7.56. The van der Waals surface area contributed by atoms with Crippen LogP contribution in [0.15, 0.2) is 45.0 Å². The zero-order chi connectivity index (χ0) is 18.0. The van der Waals surface area contributed by atoms with E-state index in [0.717, 1.165) is 6.42 Å². The molecule has 1 aromatic carbocycles. The van der Waals surface area contributed by atoms with Crippen LogP contribution >= 0.6 is 0 Å². The van der Waals surface area contributed by atoms with Gasteiger partial charge in [0.05, 0.1) is 0 Å². The highest BCUT2D eigenvalue weighted by molar-refractivity contribution is 5.68. The van der Waals surface area contributed by atoms with E-state index in [9.17, 15) is 0 Å². The second kappa shape index (κ2) is 20.8. The number of hydrogen-bond donors (Lipinski definition) is 0. The number of allylic oxidation sites excluding steroid dienone is 1. The van der Waals surface area contributed by atoms with Crippen molar-refractivity contribution in [3.05, 3.63) is 67.3 Å². The summed E-state index contributed by atoms with van der Waals surface area (Å²) in [6.45, 7) is 32.6. The normalized spacial score (nSPS) is 7.24. The number of benzene rings is 1. The third-order valence-corrected chi connectivity index (χ3v) is 2.59. The molecule has 0 aliphatic heterocycles. The van der Waals surface area contributed by atoms with Gasteiger partial charge in [0.15, 0.2) is 0 Å². The van der Waals surface area contributed by atoms with Gasteiger partial charge >= 0.3 is 0 Å². The average Bonchev–Trinajstić information content (AvgIpc) is 2.55. The summed E-state index contributed by atoms with van der Waals surface area (Å²) in [6.07, 6.45) is 1.10. The Bertz CT molecular complexity index is 357. The number of rotatable bonds is 2. The first-order valence-electron chi connectivity index (χ1n) is 7.82. The topological polar surface area (TPSA) is 0 Å². The third-order valence-electron chi connectivity index (χ3n) is 2.59. The molecule has 0 heterocycles. The fourth-order valence-corrected chi connectivity index (χ4v) is 1.93. The molecule has 1 rings (SSSR count). The van der Waals surface area contributed by atoms with Crippen molar-refractivity contribution in [2.45, 2.75) is 61.8 Å². The van der Waals surface area contributed by atoms with Gasteiger partial charge in [-0.3, -0.25) is 0 Å². The smallest absolute Gasteiger partial charge is 0.0172 e.